The summed E-state index contributed by atoms with van der Waals surface area (Å²) in [6.07, 6.45) is 3.61. The number of nitrogens with one attached hydrogen (secondary N) is 2. The number of anilines is 1. The van der Waals surface area contributed by atoms with Crippen molar-refractivity contribution in [3.63, 3.8) is 0 Å². The number of carbonyl (C=O) groups excluding carboxylic acids is 1. The molecule has 2 aromatic heterocycles. The SMILES string of the molecule is C=C(Nc1n[nH]c2ccc(-c3ncccc3C(=O)OC(C)(C)C)cc12)S/C=C\C. The van der Waals surface area contributed by atoms with Gasteiger partial charge in [0.1, 0.15) is 5.60 Å². The van der Waals surface area contributed by atoms with Crippen molar-refractivity contribution in [3.8, 4) is 11.3 Å². The van der Waals surface area contributed by atoms with E-state index in [2.05, 4.69) is 27.1 Å². The first kappa shape index (κ1) is 20.7. The number of aromatic nitrogens is 3. The molecule has 0 bridgehead atoms. The van der Waals surface area contributed by atoms with Crippen LogP contribution in [-0.4, -0.2) is 26.8 Å². The maximum atomic E-state index is 12.7. The first-order chi connectivity index (χ1) is 13.8. The van der Waals surface area contributed by atoms with Gasteiger partial charge in [-0.15, -0.1) is 0 Å². The highest BCUT2D eigenvalue weighted by molar-refractivity contribution is 8.05. The van der Waals surface area contributed by atoms with Crippen LogP contribution in [0.5, 0.6) is 0 Å². The first-order valence-electron chi connectivity index (χ1n) is 9.19. The fourth-order valence-corrected chi connectivity index (χ4v) is 3.16. The fraction of sp³-hybridized carbons (Fsp3) is 0.227. The zero-order valence-corrected chi connectivity index (χ0v) is 17.8. The Kier molecular flexibility index (Phi) is 6.08. The molecule has 0 radical (unpaired) electrons. The van der Waals surface area contributed by atoms with E-state index in [4.69, 9.17) is 4.74 Å². The predicted octanol–water partition coefficient (Wildman–Crippen LogP) is 5.73. The Morgan fingerprint density at radius 3 is 2.83 bits per heavy atom. The molecule has 2 N–H and O–H groups in total. The van der Waals surface area contributed by atoms with Crippen LogP contribution in [0.2, 0.25) is 0 Å². The summed E-state index contributed by atoms with van der Waals surface area (Å²) in [5.74, 6) is 0.265. The van der Waals surface area contributed by atoms with E-state index in [1.165, 1.54) is 11.8 Å². The van der Waals surface area contributed by atoms with Gasteiger partial charge in [0.15, 0.2) is 5.82 Å². The topological polar surface area (TPSA) is 79.9 Å². The maximum absolute atomic E-state index is 12.7. The summed E-state index contributed by atoms with van der Waals surface area (Å²) in [5, 5.41) is 14.1. The number of ether oxygens (including phenoxy) is 1. The van der Waals surface area contributed by atoms with Gasteiger partial charge < -0.3 is 10.1 Å². The molecule has 3 aromatic rings. The van der Waals surface area contributed by atoms with Crippen LogP contribution in [0.4, 0.5) is 5.82 Å². The molecule has 0 fully saturated rings. The Labute approximate surface area is 174 Å². The average molecular weight is 409 g/mol. The molecule has 0 aliphatic carbocycles. The number of pyridine rings is 1. The quantitative estimate of drug-likeness (QED) is 0.507. The van der Waals surface area contributed by atoms with Crippen molar-refractivity contribution in [2.75, 3.05) is 5.32 Å². The number of H-pyrrole nitrogens is 1. The number of hydrogen-bond acceptors (Lipinski definition) is 6. The number of fused-ring (bicyclic) bond motifs is 1. The van der Waals surface area contributed by atoms with Crippen molar-refractivity contribution in [1.82, 2.24) is 15.2 Å². The molecule has 0 atom stereocenters. The van der Waals surface area contributed by atoms with Crippen LogP contribution in [0, 0.1) is 0 Å². The van der Waals surface area contributed by atoms with Crippen molar-refractivity contribution >= 4 is 34.5 Å². The second kappa shape index (κ2) is 8.53. The Balaban J connectivity index is 1.98. The van der Waals surface area contributed by atoms with E-state index in [1.54, 1.807) is 18.3 Å². The monoisotopic (exact) mass is 408 g/mol. The third-order valence-electron chi connectivity index (χ3n) is 3.87. The van der Waals surface area contributed by atoms with Gasteiger partial charge in [-0.05, 0) is 57.4 Å². The molecule has 0 saturated heterocycles. The van der Waals surface area contributed by atoms with E-state index in [-0.39, 0.29) is 0 Å². The fourth-order valence-electron chi connectivity index (χ4n) is 2.70. The molecule has 2 heterocycles. The van der Waals surface area contributed by atoms with Crippen molar-refractivity contribution in [2.45, 2.75) is 33.3 Å². The van der Waals surface area contributed by atoms with Gasteiger partial charge in [0.25, 0.3) is 0 Å². The summed E-state index contributed by atoms with van der Waals surface area (Å²) in [6.45, 7) is 11.5. The van der Waals surface area contributed by atoms with E-state index in [9.17, 15) is 4.79 Å². The van der Waals surface area contributed by atoms with E-state index >= 15 is 0 Å². The summed E-state index contributed by atoms with van der Waals surface area (Å²) in [6, 6.07) is 9.23. The van der Waals surface area contributed by atoms with Crippen molar-refractivity contribution in [1.29, 1.82) is 0 Å². The van der Waals surface area contributed by atoms with Gasteiger partial charge in [-0.25, -0.2) is 4.79 Å². The van der Waals surface area contributed by atoms with Gasteiger partial charge in [-0.1, -0.05) is 30.5 Å². The number of benzene rings is 1. The number of nitrogens with zero attached hydrogens (tertiary/aromatic N) is 2. The van der Waals surface area contributed by atoms with Crippen LogP contribution < -0.4 is 5.32 Å². The first-order valence-corrected chi connectivity index (χ1v) is 10.1. The Morgan fingerprint density at radius 2 is 2.10 bits per heavy atom. The van der Waals surface area contributed by atoms with Gasteiger partial charge >= 0.3 is 5.97 Å². The molecule has 1 aromatic carbocycles. The van der Waals surface area contributed by atoms with Gasteiger partial charge in [-0.2, -0.15) is 5.10 Å². The lowest BCUT2D eigenvalue weighted by molar-refractivity contribution is 0.00701. The van der Waals surface area contributed by atoms with E-state index in [1.807, 2.05) is 57.4 Å². The predicted molar refractivity (Wildman–Crippen MR) is 120 cm³/mol. The van der Waals surface area contributed by atoms with E-state index < -0.39 is 11.6 Å². The molecule has 0 unspecified atom stereocenters. The standard InChI is InChI=1S/C22H24N4O2S/c1-6-12-29-14(2)24-20-17-13-15(9-10-18(17)25-26-20)19-16(8-7-11-23-19)21(27)28-22(3,4)5/h6-13H,2H2,1,3-5H3,(H2,24,25,26)/b12-6-. The summed E-state index contributed by atoms with van der Waals surface area (Å²) in [7, 11) is 0. The van der Waals surface area contributed by atoms with Crippen LogP contribution in [0.1, 0.15) is 38.1 Å². The second-order valence-corrected chi connectivity index (χ2v) is 8.37. The van der Waals surface area contributed by atoms with Crippen molar-refractivity contribution in [2.24, 2.45) is 0 Å². The van der Waals surface area contributed by atoms with Crippen LogP contribution in [0.25, 0.3) is 22.2 Å². The lowest BCUT2D eigenvalue weighted by Gasteiger charge is -2.20. The molecular formula is C22H24N4O2S. The minimum Gasteiger partial charge on any atom is -0.456 e. The zero-order chi connectivity index (χ0) is 21.0. The van der Waals surface area contributed by atoms with Gasteiger partial charge in [0.05, 0.1) is 21.8 Å². The number of carbonyl (C=O) groups is 1. The number of allylic oxidation sites excluding steroid dienone is 1. The Morgan fingerprint density at radius 1 is 1.31 bits per heavy atom. The van der Waals surface area contributed by atoms with E-state index in [0.717, 1.165) is 21.5 Å². The van der Waals surface area contributed by atoms with Crippen molar-refractivity contribution < 1.29 is 9.53 Å². The van der Waals surface area contributed by atoms with Crippen LogP contribution in [-0.2, 0) is 4.74 Å². The number of rotatable bonds is 6. The maximum Gasteiger partial charge on any atom is 0.340 e. The lowest BCUT2D eigenvalue weighted by Crippen LogP contribution is -2.24. The average Bonchev–Trinajstić information content (AvgIpc) is 3.07. The van der Waals surface area contributed by atoms with Crippen LogP contribution in [0.3, 0.4) is 0 Å². The van der Waals surface area contributed by atoms with Crippen molar-refractivity contribution in [3.05, 3.63) is 65.2 Å². The molecule has 150 valence electrons. The third kappa shape index (κ3) is 5.06. The zero-order valence-electron chi connectivity index (χ0n) is 16.9. The summed E-state index contributed by atoms with van der Waals surface area (Å²) < 4.78 is 5.54. The van der Waals surface area contributed by atoms with Crippen LogP contribution >= 0.6 is 11.8 Å². The normalized spacial score (nSPS) is 11.7. The third-order valence-corrected chi connectivity index (χ3v) is 4.66. The van der Waals surface area contributed by atoms with Crippen LogP contribution in [0.15, 0.2) is 59.6 Å². The Bertz CT molecular complexity index is 1080. The smallest absolute Gasteiger partial charge is 0.340 e. The molecule has 0 amide bonds. The highest BCUT2D eigenvalue weighted by atomic mass is 32.2. The molecule has 29 heavy (non-hydrogen) atoms. The number of aromatic amines is 1. The summed E-state index contributed by atoms with van der Waals surface area (Å²) in [4.78, 5) is 17.1. The molecule has 3 rings (SSSR count). The highest BCUT2D eigenvalue weighted by Gasteiger charge is 2.22. The number of thioether (sulfide) groups is 1. The largest absolute Gasteiger partial charge is 0.456 e. The lowest BCUT2D eigenvalue weighted by atomic mass is 10.0. The minimum atomic E-state index is -0.583. The van der Waals surface area contributed by atoms with Gasteiger partial charge in [0.2, 0.25) is 0 Å². The molecule has 0 aliphatic heterocycles. The molecule has 0 aliphatic rings. The molecular weight excluding hydrogens is 384 g/mol. The number of esters is 1. The Hall–Kier alpha value is -3.06. The molecule has 0 saturated carbocycles. The van der Waals surface area contributed by atoms with Gasteiger partial charge in [0, 0.05) is 17.1 Å². The minimum absolute atomic E-state index is 0.401. The summed E-state index contributed by atoms with van der Waals surface area (Å²) >= 11 is 1.48. The van der Waals surface area contributed by atoms with Gasteiger partial charge in [-0.3, -0.25) is 10.1 Å². The second-order valence-electron chi connectivity index (χ2n) is 7.37. The number of hydrogen-bond donors (Lipinski definition) is 2. The molecule has 7 heteroatoms. The highest BCUT2D eigenvalue weighted by Crippen LogP contribution is 2.30. The molecule has 0 spiro atoms. The summed E-state index contributed by atoms with van der Waals surface area (Å²) in [5.41, 5.74) is 2.08. The molecule has 6 nitrogen and oxygen atoms in total. The van der Waals surface area contributed by atoms with E-state index in [0.29, 0.717) is 17.1 Å².